The van der Waals surface area contributed by atoms with Crippen LogP contribution in [0.5, 0.6) is 0 Å². The Kier molecular flexibility index (Phi) is 7.25. The topological polar surface area (TPSA) is 119 Å². The number of sulfonamides is 1. The number of carbonyl (C=O) groups is 2. The second-order valence-electron chi connectivity index (χ2n) is 8.74. The molecule has 3 rings (SSSR count). The summed E-state index contributed by atoms with van der Waals surface area (Å²) in [6.45, 7) is 2.01. The fraction of sp³-hybridized carbons (Fsp3) is 0.619. The van der Waals surface area contributed by atoms with Crippen molar-refractivity contribution in [3.05, 3.63) is 35.9 Å². The van der Waals surface area contributed by atoms with Crippen LogP contribution >= 0.6 is 0 Å². The van der Waals surface area contributed by atoms with E-state index in [1.54, 1.807) is 14.1 Å². The number of hydroxylamine groups is 2. The Balaban J connectivity index is 1.68. The van der Waals surface area contributed by atoms with Crippen LogP contribution in [0, 0.1) is 0 Å². The summed E-state index contributed by atoms with van der Waals surface area (Å²) >= 11 is 0. The Bertz CT molecular complexity index is 939. The van der Waals surface area contributed by atoms with Gasteiger partial charge in [-0.15, -0.1) is 0 Å². The zero-order valence-corrected chi connectivity index (χ0v) is 19.7. The van der Waals surface area contributed by atoms with Crippen molar-refractivity contribution >= 4 is 21.8 Å². The molecule has 2 unspecified atom stereocenters. The first kappa shape index (κ1) is 24.6. The van der Waals surface area contributed by atoms with E-state index in [-0.39, 0.29) is 31.5 Å². The van der Waals surface area contributed by atoms with E-state index in [1.807, 2.05) is 30.3 Å². The Morgan fingerprint density at radius 1 is 1.34 bits per heavy atom. The Hall–Kier alpha value is -2.05. The highest BCUT2D eigenvalue weighted by Crippen LogP contribution is 2.43. The molecule has 2 heterocycles. The van der Waals surface area contributed by atoms with Gasteiger partial charge in [-0.1, -0.05) is 30.3 Å². The van der Waals surface area contributed by atoms with E-state index < -0.39 is 33.7 Å². The molecular formula is C21H32N4O6S. The summed E-state index contributed by atoms with van der Waals surface area (Å²) < 4.78 is 26.6. The van der Waals surface area contributed by atoms with Crippen LogP contribution in [0.25, 0.3) is 0 Å². The number of β-lactam (4-membered cyclic amide) rings is 1. The molecule has 11 heteroatoms. The lowest BCUT2D eigenvalue weighted by molar-refractivity contribution is -0.238. The van der Waals surface area contributed by atoms with Crippen LogP contribution < -0.4 is 5.32 Å². The van der Waals surface area contributed by atoms with E-state index in [4.69, 9.17) is 4.84 Å². The maximum absolute atomic E-state index is 13.0. The first-order valence-corrected chi connectivity index (χ1v) is 12.4. The largest absolute Gasteiger partial charge is 0.391 e. The van der Waals surface area contributed by atoms with Gasteiger partial charge in [0, 0.05) is 26.7 Å². The number of hydrogen-bond acceptors (Lipinski definition) is 7. The number of aliphatic hydroxyl groups is 1. The predicted molar refractivity (Wildman–Crippen MR) is 118 cm³/mol. The number of nitrogens with one attached hydrogen (secondary N) is 1. The van der Waals surface area contributed by atoms with Gasteiger partial charge in [0.05, 0.1) is 18.9 Å². The van der Waals surface area contributed by atoms with Crippen LogP contribution in [-0.4, -0.2) is 96.8 Å². The zero-order valence-electron chi connectivity index (χ0n) is 18.9. The summed E-state index contributed by atoms with van der Waals surface area (Å²) in [6.07, 6.45) is 0.961. The van der Waals surface area contributed by atoms with Crippen LogP contribution in [0.4, 0.5) is 0 Å². The third-order valence-electron chi connectivity index (χ3n) is 6.02. The van der Waals surface area contributed by atoms with Gasteiger partial charge in [0.15, 0.2) is 0 Å². The van der Waals surface area contributed by atoms with Gasteiger partial charge < -0.3 is 15.3 Å². The summed E-state index contributed by atoms with van der Waals surface area (Å²) in [7, 11) is -0.542. The first-order chi connectivity index (χ1) is 15.0. The molecule has 2 aliphatic heterocycles. The van der Waals surface area contributed by atoms with E-state index in [0.717, 1.165) is 11.8 Å². The lowest BCUT2D eigenvalue weighted by Crippen LogP contribution is -2.73. The molecule has 0 bridgehead atoms. The number of nitrogens with zero attached hydrogens (tertiary/aromatic N) is 3. The average Bonchev–Trinajstić information content (AvgIpc) is 3.13. The lowest BCUT2D eigenvalue weighted by atomic mass is 9.89. The molecule has 2 fully saturated rings. The van der Waals surface area contributed by atoms with E-state index in [9.17, 15) is 23.1 Å². The van der Waals surface area contributed by atoms with Crippen molar-refractivity contribution in [1.29, 1.82) is 0 Å². The standard InChI is InChI=1S/C21H32N4O6S/c1-15(26)18(19(27)23(2)3)22-12-17-10-11-21(25(17)32(4,29)30)14-24(20(21)28)31-13-16-8-6-5-7-9-16/h5-9,15,17-18,22,26H,10-14H2,1-4H3/t15-,17?,18+,21?/m1/s1. The second kappa shape index (κ2) is 9.44. The number of rotatable bonds is 9. The summed E-state index contributed by atoms with van der Waals surface area (Å²) in [4.78, 5) is 32.3. The lowest BCUT2D eigenvalue weighted by Gasteiger charge is -2.49. The van der Waals surface area contributed by atoms with Gasteiger partial charge in [0.2, 0.25) is 15.9 Å². The minimum absolute atomic E-state index is 0.141. The number of likely N-dealkylation sites (N-methyl/N-ethyl adjacent to an activating group) is 1. The van der Waals surface area contributed by atoms with Crippen molar-refractivity contribution in [2.45, 2.75) is 50.1 Å². The minimum atomic E-state index is -3.72. The molecule has 0 aliphatic carbocycles. The quantitative estimate of drug-likeness (QED) is 0.471. The molecule has 2 amide bonds. The van der Waals surface area contributed by atoms with Gasteiger partial charge in [0.1, 0.15) is 18.2 Å². The van der Waals surface area contributed by atoms with Crippen molar-refractivity contribution in [1.82, 2.24) is 19.6 Å². The van der Waals surface area contributed by atoms with Crippen molar-refractivity contribution in [2.75, 3.05) is 33.4 Å². The maximum Gasteiger partial charge on any atom is 0.269 e. The third kappa shape index (κ3) is 4.81. The van der Waals surface area contributed by atoms with Gasteiger partial charge in [-0.3, -0.25) is 14.4 Å². The molecule has 2 N–H and O–H groups in total. The fourth-order valence-electron chi connectivity index (χ4n) is 4.46. The van der Waals surface area contributed by atoms with E-state index in [0.29, 0.717) is 12.8 Å². The molecule has 2 saturated heterocycles. The number of carbonyl (C=O) groups excluding carboxylic acids is 2. The highest BCUT2D eigenvalue weighted by Gasteiger charge is 2.64. The van der Waals surface area contributed by atoms with Gasteiger partial charge in [-0.2, -0.15) is 4.31 Å². The van der Waals surface area contributed by atoms with Gasteiger partial charge >= 0.3 is 0 Å². The smallest absolute Gasteiger partial charge is 0.269 e. The molecule has 10 nitrogen and oxygen atoms in total. The zero-order chi connectivity index (χ0) is 23.7. The summed E-state index contributed by atoms with van der Waals surface area (Å²) in [5.41, 5.74) is -0.257. The van der Waals surface area contributed by atoms with Crippen LogP contribution in [-0.2, 0) is 31.1 Å². The molecule has 1 spiro atoms. The molecule has 0 saturated carbocycles. The van der Waals surface area contributed by atoms with Crippen molar-refractivity contribution < 1.29 is 28.0 Å². The molecule has 1 aromatic carbocycles. The Labute approximate surface area is 189 Å². The van der Waals surface area contributed by atoms with Crippen LogP contribution in [0.3, 0.4) is 0 Å². The molecule has 0 aromatic heterocycles. The minimum Gasteiger partial charge on any atom is -0.391 e. The van der Waals surface area contributed by atoms with Gasteiger partial charge in [-0.25, -0.2) is 13.5 Å². The van der Waals surface area contributed by atoms with E-state index in [2.05, 4.69) is 5.32 Å². The molecule has 1 aromatic rings. The highest BCUT2D eigenvalue weighted by atomic mass is 32.2. The van der Waals surface area contributed by atoms with Crippen LogP contribution in [0.15, 0.2) is 30.3 Å². The second-order valence-corrected chi connectivity index (χ2v) is 10.6. The number of aliphatic hydroxyl groups excluding tert-OH is 1. The molecule has 0 radical (unpaired) electrons. The predicted octanol–water partition coefficient (Wildman–Crippen LogP) is -0.450. The van der Waals surface area contributed by atoms with Crippen molar-refractivity contribution in [3.8, 4) is 0 Å². The number of benzene rings is 1. The van der Waals surface area contributed by atoms with Crippen molar-refractivity contribution in [3.63, 3.8) is 0 Å². The monoisotopic (exact) mass is 468 g/mol. The maximum atomic E-state index is 13.0. The molecule has 4 atom stereocenters. The Morgan fingerprint density at radius 2 is 2.00 bits per heavy atom. The van der Waals surface area contributed by atoms with Gasteiger partial charge in [-0.05, 0) is 25.3 Å². The first-order valence-electron chi connectivity index (χ1n) is 10.6. The molecule has 32 heavy (non-hydrogen) atoms. The average molecular weight is 469 g/mol. The van der Waals surface area contributed by atoms with Crippen LogP contribution in [0.1, 0.15) is 25.3 Å². The van der Waals surface area contributed by atoms with Crippen molar-refractivity contribution in [2.24, 2.45) is 0 Å². The fourth-order valence-corrected chi connectivity index (χ4v) is 6.04. The third-order valence-corrected chi connectivity index (χ3v) is 7.39. The van der Waals surface area contributed by atoms with E-state index in [1.165, 1.54) is 21.2 Å². The van der Waals surface area contributed by atoms with E-state index >= 15 is 0 Å². The molecule has 2 aliphatic rings. The molecule has 178 valence electrons. The summed E-state index contributed by atoms with van der Waals surface area (Å²) in [5, 5.41) is 14.2. The summed E-state index contributed by atoms with van der Waals surface area (Å²) in [5.74, 6) is -0.684. The normalized spacial score (nSPS) is 25.6. The van der Waals surface area contributed by atoms with Gasteiger partial charge in [0.25, 0.3) is 5.91 Å². The Morgan fingerprint density at radius 3 is 2.53 bits per heavy atom. The van der Waals surface area contributed by atoms with Crippen LogP contribution in [0.2, 0.25) is 0 Å². The summed E-state index contributed by atoms with van der Waals surface area (Å²) in [6, 6.07) is 8.02. The molecular weight excluding hydrogens is 436 g/mol. The number of hydrogen-bond donors (Lipinski definition) is 2. The SMILES string of the molecule is C[C@@H](O)[C@H](NCC1CCC2(CN(OCc3ccccc3)C2=O)N1S(C)(=O)=O)C(=O)N(C)C. The number of amides is 2. The highest BCUT2D eigenvalue weighted by molar-refractivity contribution is 7.88.